The second-order valence-corrected chi connectivity index (χ2v) is 7.17. The van der Waals surface area contributed by atoms with Gasteiger partial charge in [0.05, 0.1) is 26.3 Å². The molecule has 31 heavy (non-hydrogen) atoms. The van der Waals surface area contributed by atoms with E-state index in [0.29, 0.717) is 6.07 Å². The Kier molecular flexibility index (Phi) is 6.57. The summed E-state index contributed by atoms with van der Waals surface area (Å²) in [6, 6.07) is 0.648. The monoisotopic (exact) mass is 454 g/mol. The van der Waals surface area contributed by atoms with Crippen LogP contribution in [0.5, 0.6) is 0 Å². The number of esters is 1. The first-order chi connectivity index (χ1) is 14.7. The highest BCUT2D eigenvalue weighted by Crippen LogP contribution is 2.36. The van der Waals surface area contributed by atoms with Crippen LogP contribution in [-0.4, -0.2) is 59.0 Å². The van der Waals surface area contributed by atoms with Crippen LogP contribution < -0.4 is 0 Å². The maximum absolute atomic E-state index is 14.7. The van der Waals surface area contributed by atoms with Gasteiger partial charge in [0, 0.05) is 11.6 Å². The number of carbonyl (C=O) groups is 1. The Hall–Kier alpha value is -3.03. The van der Waals surface area contributed by atoms with E-state index in [4.69, 9.17) is 12.2 Å². The number of carbonyl (C=O) groups excluding carboxylic acids is 1. The summed E-state index contributed by atoms with van der Waals surface area (Å²) in [7, 11) is 1.16. The molecule has 1 aromatic carbocycles. The predicted octanol–water partition coefficient (Wildman–Crippen LogP) is 1.14. The van der Waals surface area contributed by atoms with E-state index in [2.05, 4.69) is 19.9 Å². The van der Waals surface area contributed by atoms with Crippen molar-refractivity contribution in [3.8, 4) is 0 Å². The molecule has 0 spiro atoms. The number of aliphatic hydroxyl groups is 2. The Morgan fingerprint density at radius 1 is 1.32 bits per heavy atom. The molecule has 0 saturated carbocycles. The third-order valence-corrected chi connectivity index (χ3v) is 5.42. The predicted molar refractivity (Wildman–Crippen MR) is 104 cm³/mol. The van der Waals surface area contributed by atoms with Gasteiger partial charge in [0.15, 0.2) is 10.8 Å². The number of methoxy groups -OCH3 is 1. The van der Waals surface area contributed by atoms with Crippen molar-refractivity contribution in [3.05, 3.63) is 59.2 Å². The van der Waals surface area contributed by atoms with Crippen molar-refractivity contribution < 1.29 is 28.5 Å². The number of hydrogen-bond donors (Lipinski definition) is 2. The second-order valence-electron chi connectivity index (χ2n) is 6.80. The molecule has 10 nitrogen and oxygen atoms in total. The van der Waals surface area contributed by atoms with Crippen molar-refractivity contribution in [1.29, 1.82) is 0 Å². The fourth-order valence-corrected chi connectivity index (χ4v) is 3.65. The highest BCUT2D eigenvalue weighted by molar-refractivity contribution is 7.71. The van der Waals surface area contributed by atoms with Crippen LogP contribution in [0.15, 0.2) is 37.2 Å². The normalized spacial score (nSPS) is 15.3. The molecule has 3 rings (SSSR count). The van der Waals surface area contributed by atoms with Gasteiger partial charge in [-0.3, -0.25) is 4.57 Å². The first-order valence-corrected chi connectivity index (χ1v) is 9.48. The molecule has 1 unspecified atom stereocenters. The maximum atomic E-state index is 14.7. The lowest BCUT2D eigenvalue weighted by atomic mass is 9.86. The highest BCUT2D eigenvalue weighted by Gasteiger charge is 2.41. The van der Waals surface area contributed by atoms with E-state index in [0.717, 1.165) is 19.2 Å². The second kappa shape index (κ2) is 8.99. The zero-order valence-electron chi connectivity index (χ0n) is 16.6. The van der Waals surface area contributed by atoms with Crippen LogP contribution >= 0.6 is 12.2 Å². The number of benzene rings is 1. The molecule has 0 aliphatic rings. The van der Waals surface area contributed by atoms with Crippen LogP contribution in [0.2, 0.25) is 0 Å². The molecule has 0 aliphatic heterocycles. The quantitative estimate of drug-likeness (QED) is 0.384. The molecular weight excluding hydrogens is 434 g/mol. The van der Waals surface area contributed by atoms with E-state index >= 15 is 0 Å². The summed E-state index contributed by atoms with van der Waals surface area (Å²) in [5.74, 6) is -2.52. The smallest absolute Gasteiger partial charge is 0.331 e. The minimum absolute atomic E-state index is 0.0310. The molecule has 0 aliphatic carbocycles. The lowest BCUT2D eigenvalue weighted by molar-refractivity contribution is -0.145. The summed E-state index contributed by atoms with van der Waals surface area (Å²) in [5, 5.41) is 29.3. The summed E-state index contributed by atoms with van der Waals surface area (Å²) in [4.78, 5) is 15.8. The average Bonchev–Trinajstić information content (AvgIpc) is 3.37. The summed E-state index contributed by atoms with van der Waals surface area (Å²) >= 11 is 5.38. The Labute approximate surface area is 180 Å². The van der Waals surface area contributed by atoms with Gasteiger partial charge in [-0.15, -0.1) is 0 Å². The summed E-state index contributed by atoms with van der Waals surface area (Å²) in [5.41, 5.74) is -2.21. The van der Waals surface area contributed by atoms with Gasteiger partial charge in [-0.25, -0.2) is 27.9 Å². The number of nitrogens with zero attached hydrogens (tertiary/aromatic N) is 6. The van der Waals surface area contributed by atoms with Crippen molar-refractivity contribution in [2.45, 2.75) is 31.2 Å². The summed E-state index contributed by atoms with van der Waals surface area (Å²) < 4.78 is 36.5. The molecule has 3 aromatic rings. The topological polar surface area (TPSA) is 120 Å². The molecule has 0 bridgehead atoms. The molecule has 13 heteroatoms. The molecule has 2 aromatic heterocycles. The van der Waals surface area contributed by atoms with Gasteiger partial charge >= 0.3 is 5.97 Å². The molecule has 0 saturated heterocycles. The first kappa shape index (κ1) is 22.7. The van der Waals surface area contributed by atoms with Crippen molar-refractivity contribution in [2.75, 3.05) is 13.7 Å². The van der Waals surface area contributed by atoms with Crippen LogP contribution in [0.3, 0.4) is 0 Å². The summed E-state index contributed by atoms with van der Waals surface area (Å²) in [6.45, 7) is 0.668. The molecule has 2 heterocycles. The maximum Gasteiger partial charge on any atom is 0.331 e. The Morgan fingerprint density at radius 2 is 2.06 bits per heavy atom. The molecule has 0 amide bonds. The van der Waals surface area contributed by atoms with Crippen LogP contribution in [0.4, 0.5) is 8.78 Å². The van der Waals surface area contributed by atoms with Crippen LogP contribution in [0.25, 0.3) is 0 Å². The van der Waals surface area contributed by atoms with Crippen LogP contribution in [-0.2, 0) is 21.7 Å². The van der Waals surface area contributed by atoms with Gasteiger partial charge in [0.25, 0.3) is 0 Å². The van der Waals surface area contributed by atoms with Crippen LogP contribution in [0.1, 0.15) is 24.6 Å². The van der Waals surface area contributed by atoms with Gasteiger partial charge < -0.3 is 14.9 Å². The minimum Gasteiger partial charge on any atom is -0.467 e. The number of aromatic nitrogens is 6. The molecule has 2 N–H and O–H groups in total. The van der Waals surface area contributed by atoms with E-state index in [1.54, 1.807) is 0 Å². The van der Waals surface area contributed by atoms with Gasteiger partial charge in [-0.2, -0.15) is 10.2 Å². The number of ether oxygens (including phenoxy) is 1. The average molecular weight is 454 g/mol. The molecule has 3 atom stereocenters. The van der Waals surface area contributed by atoms with Gasteiger partial charge in [0.2, 0.25) is 0 Å². The van der Waals surface area contributed by atoms with Gasteiger partial charge in [-0.1, -0.05) is 6.07 Å². The fraction of sp³-hybridized carbons (Fsp3) is 0.389. The lowest BCUT2D eigenvalue weighted by Crippen LogP contribution is -2.41. The third kappa shape index (κ3) is 4.24. The fourth-order valence-electron chi connectivity index (χ4n) is 3.27. The summed E-state index contributed by atoms with van der Waals surface area (Å²) in [6.07, 6.45) is 3.78. The molecule has 0 fully saturated rings. The largest absolute Gasteiger partial charge is 0.467 e. The minimum atomic E-state index is -2.00. The van der Waals surface area contributed by atoms with E-state index in [-0.39, 0.29) is 16.9 Å². The molecular formula is C18H20F2N6O4S. The van der Waals surface area contributed by atoms with Crippen molar-refractivity contribution in [1.82, 2.24) is 29.1 Å². The van der Waals surface area contributed by atoms with Crippen molar-refractivity contribution in [3.63, 3.8) is 0 Å². The Morgan fingerprint density at radius 3 is 2.65 bits per heavy atom. The van der Waals surface area contributed by atoms with E-state index in [1.165, 1.54) is 39.8 Å². The molecule has 166 valence electrons. The number of hydrogen-bond acceptors (Lipinski definition) is 8. The van der Waals surface area contributed by atoms with E-state index < -0.39 is 41.9 Å². The standard InChI is InChI=1S/C18H20F2N6O4S/c1-11(26-17(31)25(10-23-26)15(6-27)16(28)30-2)18(29,7-24-9-21-8-22-24)13-4-3-12(19)5-14(13)20/h3-5,8-11,15,27,29H,6-7H2,1-2H3/t11-,15?,18-/m1/s1. The molecule has 0 radical (unpaired) electrons. The highest BCUT2D eigenvalue weighted by atomic mass is 32.1. The number of halogens is 2. The van der Waals surface area contributed by atoms with Gasteiger partial charge in [-0.05, 0) is 25.2 Å². The van der Waals surface area contributed by atoms with E-state index in [9.17, 15) is 23.8 Å². The van der Waals surface area contributed by atoms with E-state index in [1.807, 2.05) is 0 Å². The number of aliphatic hydroxyl groups excluding tert-OH is 1. The third-order valence-electron chi connectivity index (χ3n) is 5.02. The van der Waals surface area contributed by atoms with Crippen molar-refractivity contribution in [2.24, 2.45) is 0 Å². The van der Waals surface area contributed by atoms with Crippen molar-refractivity contribution >= 4 is 18.2 Å². The van der Waals surface area contributed by atoms with Gasteiger partial charge in [0.1, 0.15) is 36.2 Å². The van der Waals surface area contributed by atoms with Crippen LogP contribution in [0, 0.1) is 16.4 Å². The number of rotatable bonds is 8. The first-order valence-electron chi connectivity index (χ1n) is 9.07. The Balaban J connectivity index is 2.10. The lowest BCUT2D eigenvalue weighted by Gasteiger charge is -2.34. The zero-order valence-corrected chi connectivity index (χ0v) is 17.4. The Bertz CT molecular complexity index is 1120. The SMILES string of the molecule is COC(=O)C(CO)n1cnn([C@H](C)[C@](O)(Cn2cncn2)c2ccc(F)cc2F)c1=S. The zero-order chi connectivity index (χ0) is 22.8.